The highest BCUT2D eigenvalue weighted by atomic mass is 16.6. The zero-order chi connectivity index (χ0) is 15.0. The van der Waals surface area contributed by atoms with Crippen LogP contribution in [0.1, 0.15) is 10.4 Å². The van der Waals surface area contributed by atoms with Gasteiger partial charge in [-0.25, -0.2) is 4.98 Å². The highest BCUT2D eigenvalue weighted by molar-refractivity contribution is 5.99. The quantitative estimate of drug-likeness (QED) is 0.535. The van der Waals surface area contributed by atoms with Crippen molar-refractivity contribution in [3.05, 3.63) is 58.1 Å². The minimum absolute atomic E-state index is 0.0507. The van der Waals surface area contributed by atoms with Gasteiger partial charge in [0.15, 0.2) is 5.58 Å². The van der Waals surface area contributed by atoms with Crippen molar-refractivity contribution >= 4 is 22.8 Å². The van der Waals surface area contributed by atoms with E-state index in [0.717, 1.165) is 0 Å². The van der Waals surface area contributed by atoms with Crippen molar-refractivity contribution in [2.75, 3.05) is 0 Å². The van der Waals surface area contributed by atoms with Crippen LogP contribution in [0.4, 0.5) is 5.69 Å². The van der Waals surface area contributed by atoms with Crippen LogP contribution in [0.5, 0.6) is 0 Å². The molecule has 7 heteroatoms. The number of hydrogen-bond donors (Lipinski definition) is 0. The summed E-state index contributed by atoms with van der Waals surface area (Å²) >= 11 is 0. The molecule has 0 bridgehead atoms. The van der Waals surface area contributed by atoms with E-state index in [1.165, 1.54) is 36.4 Å². The average Bonchev–Trinajstić information content (AvgIpc) is 2.90. The van der Waals surface area contributed by atoms with E-state index in [-0.39, 0.29) is 22.7 Å². The molecule has 0 saturated heterocycles. The molecule has 0 atom stereocenters. The highest BCUT2D eigenvalue weighted by Gasteiger charge is 2.13. The molecule has 3 aromatic rings. The highest BCUT2D eigenvalue weighted by Crippen LogP contribution is 2.27. The number of carbonyl (C=O) groups excluding carboxylic acids is 1. The third-order valence-corrected chi connectivity index (χ3v) is 2.96. The van der Waals surface area contributed by atoms with E-state index in [1.807, 2.05) is 0 Å². The Morgan fingerprint density at radius 3 is 2.48 bits per heavy atom. The van der Waals surface area contributed by atoms with Crippen molar-refractivity contribution in [2.45, 2.75) is 0 Å². The molecule has 0 radical (unpaired) electrons. The van der Waals surface area contributed by atoms with Gasteiger partial charge in [0.25, 0.3) is 5.69 Å². The smallest absolute Gasteiger partial charge is 0.269 e. The van der Waals surface area contributed by atoms with Crippen LogP contribution in [-0.4, -0.2) is 15.9 Å². The molecule has 21 heavy (non-hydrogen) atoms. The molecule has 0 saturated carbocycles. The van der Waals surface area contributed by atoms with Crippen molar-refractivity contribution in [3.63, 3.8) is 0 Å². The lowest BCUT2D eigenvalue weighted by Crippen LogP contribution is -2.22. The number of oxazole rings is 1. The third-order valence-electron chi connectivity index (χ3n) is 2.96. The van der Waals surface area contributed by atoms with Gasteiger partial charge in [-0.3, -0.25) is 10.1 Å². The summed E-state index contributed by atoms with van der Waals surface area (Å²) in [5.74, 6) is -1.15. The van der Waals surface area contributed by atoms with Crippen molar-refractivity contribution in [1.29, 1.82) is 0 Å². The number of nitrogens with zero attached hydrogens (tertiary/aromatic N) is 2. The van der Waals surface area contributed by atoms with Gasteiger partial charge in [0, 0.05) is 23.3 Å². The number of aromatic carboxylic acids is 1. The molecule has 1 aromatic heterocycles. The Morgan fingerprint density at radius 1 is 1.14 bits per heavy atom. The summed E-state index contributed by atoms with van der Waals surface area (Å²) in [5, 5.41) is 21.6. The predicted octanol–water partition coefficient (Wildman–Crippen LogP) is 1.77. The van der Waals surface area contributed by atoms with Crippen LogP contribution < -0.4 is 5.11 Å². The van der Waals surface area contributed by atoms with Crippen LogP contribution in [-0.2, 0) is 0 Å². The van der Waals surface area contributed by atoms with Crippen LogP contribution in [0.2, 0.25) is 0 Å². The standard InChI is InChI=1S/C14H8N2O5/c17-14(18)10-2-1-3-11-12(10)15-13(21-11)8-4-6-9(7-5-8)16(19)20/h1-7H,(H,17,18)/p-1. The number of para-hydroxylation sites is 1. The number of non-ortho nitro benzene ring substituents is 1. The van der Waals surface area contributed by atoms with Crippen molar-refractivity contribution in [1.82, 2.24) is 4.98 Å². The van der Waals surface area contributed by atoms with Gasteiger partial charge in [0.05, 0.1) is 10.9 Å². The summed E-state index contributed by atoms with van der Waals surface area (Å²) in [6.07, 6.45) is 0. The summed E-state index contributed by atoms with van der Waals surface area (Å²) < 4.78 is 5.47. The first-order valence-electron chi connectivity index (χ1n) is 5.92. The molecule has 0 spiro atoms. The number of benzene rings is 2. The molecular weight excluding hydrogens is 276 g/mol. The molecule has 0 N–H and O–H groups in total. The van der Waals surface area contributed by atoms with Gasteiger partial charge in [-0.05, 0) is 18.2 Å². The minimum atomic E-state index is -1.34. The summed E-state index contributed by atoms with van der Waals surface area (Å²) in [5.41, 5.74) is 0.895. The lowest BCUT2D eigenvalue weighted by molar-refractivity contribution is -0.384. The monoisotopic (exact) mass is 283 g/mol. The van der Waals surface area contributed by atoms with E-state index in [1.54, 1.807) is 6.07 Å². The maximum Gasteiger partial charge on any atom is 0.269 e. The molecule has 0 aliphatic rings. The molecule has 3 rings (SSSR count). The van der Waals surface area contributed by atoms with E-state index < -0.39 is 10.9 Å². The molecule has 0 aliphatic carbocycles. The number of fused-ring (bicyclic) bond motifs is 1. The minimum Gasteiger partial charge on any atom is -0.545 e. The first kappa shape index (κ1) is 12.8. The second-order valence-electron chi connectivity index (χ2n) is 4.26. The van der Waals surface area contributed by atoms with Crippen molar-refractivity contribution in [2.24, 2.45) is 0 Å². The molecule has 1 heterocycles. The largest absolute Gasteiger partial charge is 0.545 e. The number of carbonyl (C=O) groups is 1. The lowest BCUT2D eigenvalue weighted by atomic mass is 10.2. The fraction of sp³-hybridized carbons (Fsp3) is 0. The van der Waals surface area contributed by atoms with E-state index in [4.69, 9.17) is 4.42 Å². The molecule has 104 valence electrons. The van der Waals surface area contributed by atoms with Gasteiger partial charge in [-0.15, -0.1) is 0 Å². The third kappa shape index (κ3) is 2.20. The average molecular weight is 283 g/mol. The van der Waals surface area contributed by atoms with Crippen LogP contribution in [0.3, 0.4) is 0 Å². The SMILES string of the molecule is O=C([O-])c1cccc2oc(-c3ccc([N+](=O)[O-])cc3)nc12. The number of aromatic nitrogens is 1. The van der Waals surface area contributed by atoms with Gasteiger partial charge in [-0.1, -0.05) is 12.1 Å². The number of rotatable bonds is 3. The van der Waals surface area contributed by atoms with Gasteiger partial charge >= 0.3 is 0 Å². The van der Waals surface area contributed by atoms with Crippen molar-refractivity contribution < 1.29 is 19.2 Å². The van der Waals surface area contributed by atoms with E-state index >= 15 is 0 Å². The summed E-state index contributed by atoms with van der Waals surface area (Å²) in [4.78, 5) is 25.2. The zero-order valence-corrected chi connectivity index (χ0v) is 10.5. The Morgan fingerprint density at radius 2 is 1.86 bits per heavy atom. The molecular formula is C14H7N2O5-. The second-order valence-corrected chi connectivity index (χ2v) is 4.26. The number of nitro groups is 1. The van der Waals surface area contributed by atoms with Crippen LogP contribution in [0, 0.1) is 10.1 Å². The number of carboxylic acid groups (broad SMARTS) is 1. The Kier molecular flexibility index (Phi) is 2.87. The number of hydrogen-bond acceptors (Lipinski definition) is 6. The topological polar surface area (TPSA) is 109 Å². The summed E-state index contributed by atoms with van der Waals surface area (Å²) in [6.45, 7) is 0. The first-order chi connectivity index (χ1) is 10.1. The molecule has 0 unspecified atom stereocenters. The van der Waals surface area contributed by atoms with Gasteiger partial charge in [0.2, 0.25) is 5.89 Å². The predicted molar refractivity (Wildman–Crippen MR) is 70.4 cm³/mol. The fourth-order valence-electron chi connectivity index (χ4n) is 1.96. The Balaban J connectivity index is 2.11. The molecule has 0 aliphatic heterocycles. The number of carboxylic acids is 1. The second kappa shape index (κ2) is 4.71. The van der Waals surface area contributed by atoms with Crippen LogP contribution in [0.25, 0.3) is 22.6 Å². The molecule has 2 aromatic carbocycles. The zero-order valence-electron chi connectivity index (χ0n) is 10.5. The van der Waals surface area contributed by atoms with E-state index in [0.29, 0.717) is 11.1 Å². The molecule has 0 fully saturated rings. The van der Waals surface area contributed by atoms with E-state index in [2.05, 4.69) is 4.98 Å². The van der Waals surface area contributed by atoms with Crippen molar-refractivity contribution in [3.8, 4) is 11.5 Å². The van der Waals surface area contributed by atoms with E-state index in [9.17, 15) is 20.0 Å². The number of nitro benzene ring substituents is 1. The summed E-state index contributed by atoms with van der Waals surface area (Å²) in [7, 11) is 0. The maximum atomic E-state index is 11.0. The van der Waals surface area contributed by atoms with Crippen LogP contribution >= 0.6 is 0 Å². The van der Waals surface area contributed by atoms with Crippen LogP contribution in [0.15, 0.2) is 46.9 Å². The summed E-state index contributed by atoms with van der Waals surface area (Å²) in [6, 6.07) is 10.1. The maximum absolute atomic E-state index is 11.0. The van der Waals surface area contributed by atoms with Gasteiger partial charge in [-0.2, -0.15) is 0 Å². The van der Waals surface area contributed by atoms with Gasteiger partial charge in [0.1, 0.15) is 5.52 Å². The first-order valence-corrected chi connectivity index (χ1v) is 5.92. The fourth-order valence-corrected chi connectivity index (χ4v) is 1.96. The molecule has 0 amide bonds. The normalized spacial score (nSPS) is 10.7. The Bertz CT molecular complexity index is 851. The Hall–Kier alpha value is -3.22. The molecule has 7 nitrogen and oxygen atoms in total. The Labute approximate surface area is 117 Å². The lowest BCUT2D eigenvalue weighted by Gasteiger charge is -2.00. The van der Waals surface area contributed by atoms with Gasteiger partial charge < -0.3 is 14.3 Å².